The molecule has 1 nitrogen and oxygen atoms in total. The van der Waals surface area contributed by atoms with Gasteiger partial charge in [0.15, 0.2) is 0 Å². The number of hydrogen-bond acceptors (Lipinski definition) is 1. The van der Waals surface area contributed by atoms with E-state index in [0.717, 1.165) is 19.4 Å². The van der Waals surface area contributed by atoms with Gasteiger partial charge in [0.2, 0.25) is 0 Å². The molecule has 0 fully saturated rings. The van der Waals surface area contributed by atoms with Crippen LogP contribution in [-0.2, 0) is 6.42 Å². The summed E-state index contributed by atoms with van der Waals surface area (Å²) in [7, 11) is 0. The lowest BCUT2D eigenvalue weighted by atomic mass is 10.0. The molecule has 0 saturated carbocycles. The first-order valence-electron chi connectivity index (χ1n) is 4.91. The number of allylic oxidation sites excluding steroid dienone is 1. The molecule has 74 valence electrons. The van der Waals surface area contributed by atoms with Gasteiger partial charge in [-0.2, -0.15) is 0 Å². The molecule has 0 aliphatic heterocycles. The van der Waals surface area contributed by atoms with Crippen LogP contribution in [0.5, 0.6) is 0 Å². The fraction of sp³-hybridized carbons (Fsp3) is 0.333. The van der Waals surface area contributed by atoms with Crippen LogP contribution in [-0.4, -0.2) is 6.54 Å². The van der Waals surface area contributed by atoms with Crippen molar-refractivity contribution in [3.63, 3.8) is 0 Å². The maximum Gasteiger partial charge on any atom is 0.0210 e. The Labute approximate surface area is 93.1 Å². The minimum Gasteiger partial charge on any atom is -0.330 e. The summed E-state index contributed by atoms with van der Waals surface area (Å²) in [5, 5.41) is 0. The van der Waals surface area contributed by atoms with Gasteiger partial charge in [-0.3, -0.25) is 0 Å². The summed E-state index contributed by atoms with van der Waals surface area (Å²) in [4.78, 5) is 0. The van der Waals surface area contributed by atoms with Crippen LogP contribution in [0.4, 0.5) is 0 Å². The van der Waals surface area contributed by atoms with Crippen LogP contribution in [0.25, 0.3) is 5.57 Å². The molecule has 14 heavy (non-hydrogen) atoms. The fourth-order valence-corrected chi connectivity index (χ4v) is 2.29. The predicted octanol–water partition coefficient (Wildman–Crippen LogP) is 3.05. The van der Waals surface area contributed by atoms with E-state index < -0.39 is 0 Å². The second kappa shape index (κ2) is 3.87. The predicted molar refractivity (Wildman–Crippen MR) is 64.2 cm³/mol. The Balaban J connectivity index is 2.41. The van der Waals surface area contributed by atoms with Crippen LogP contribution in [0.15, 0.2) is 22.7 Å². The number of benzene rings is 1. The van der Waals surface area contributed by atoms with Crippen LogP contribution in [0.1, 0.15) is 23.1 Å². The fourth-order valence-electron chi connectivity index (χ4n) is 1.94. The molecule has 1 aliphatic rings. The highest BCUT2D eigenvalue weighted by atomic mass is 79.9. The van der Waals surface area contributed by atoms with Gasteiger partial charge in [0.05, 0.1) is 0 Å². The van der Waals surface area contributed by atoms with E-state index >= 15 is 0 Å². The first kappa shape index (κ1) is 9.94. The molecule has 0 amide bonds. The second-order valence-corrected chi connectivity index (χ2v) is 4.59. The van der Waals surface area contributed by atoms with Crippen molar-refractivity contribution >= 4 is 21.5 Å². The Morgan fingerprint density at radius 1 is 1.43 bits per heavy atom. The minimum absolute atomic E-state index is 0.733. The Hall–Kier alpha value is -0.600. The van der Waals surface area contributed by atoms with Crippen molar-refractivity contribution in [2.24, 2.45) is 5.73 Å². The zero-order valence-corrected chi connectivity index (χ0v) is 9.89. The van der Waals surface area contributed by atoms with E-state index in [4.69, 9.17) is 5.73 Å². The molecule has 0 saturated heterocycles. The normalized spacial score (nSPS) is 14.1. The van der Waals surface area contributed by atoms with Crippen molar-refractivity contribution in [1.82, 2.24) is 0 Å². The highest BCUT2D eigenvalue weighted by Crippen LogP contribution is 2.33. The average Bonchev–Trinajstić information content (AvgIpc) is 2.51. The molecule has 0 unspecified atom stereocenters. The third-order valence-corrected chi connectivity index (χ3v) is 3.57. The average molecular weight is 252 g/mol. The molecule has 0 radical (unpaired) electrons. The highest BCUT2D eigenvalue weighted by molar-refractivity contribution is 9.10. The molecular weight excluding hydrogens is 238 g/mol. The van der Waals surface area contributed by atoms with E-state index in [-0.39, 0.29) is 0 Å². The zero-order chi connectivity index (χ0) is 10.1. The molecule has 0 heterocycles. The minimum atomic E-state index is 0.733. The maximum atomic E-state index is 5.58. The Bertz CT molecular complexity index is 394. The van der Waals surface area contributed by atoms with Crippen molar-refractivity contribution in [3.05, 3.63) is 39.4 Å². The van der Waals surface area contributed by atoms with Gasteiger partial charge < -0.3 is 5.73 Å². The maximum absolute atomic E-state index is 5.58. The number of rotatable bonds is 2. The summed E-state index contributed by atoms with van der Waals surface area (Å²) in [6.07, 6.45) is 4.35. The van der Waals surface area contributed by atoms with Crippen LogP contribution in [0, 0.1) is 6.92 Å². The monoisotopic (exact) mass is 251 g/mol. The molecule has 2 heteroatoms. The standard InChI is InChI=1S/C12H14BrN/c1-8-6-10-3-2-9(4-5-14)11(10)7-12(8)13/h2,6-7H,3-5,14H2,1H3. The Morgan fingerprint density at radius 3 is 2.93 bits per heavy atom. The quantitative estimate of drug-likeness (QED) is 0.860. The molecular formula is C12H14BrN. The first-order chi connectivity index (χ1) is 6.72. The van der Waals surface area contributed by atoms with Gasteiger partial charge >= 0.3 is 0 Å². The van der Waals surface area contributed by atoms with E-state index in [0.29, 0.717) is 0 Å². The lowest BCUT2D eigenvalue weighted by molar-refractivity contribution is 1.02. The van der Waals surface area contributed by atoms with Crippen LogP contribution >= 0.6 is 15.9 Å². The number of hydrogen-bond donors (Lipinski definition) is 1. The third-order valence-electron chi connectivity index (χ3n) is 2.71. The summed E-state index contributed by atoms with van der Waals surface area (Å²) in [6.45, 7) is 2.86. The lowest BCUT2D eigenvalue weighted by Crippen LogP contribution is -1.99. The van der Waals surface area contributed by atoms with Crippen molar-refractivity contribution in [2.45, 2.75) is 19.8 Å². The van der Waals surface area contributed by atoms with Crippen molar-refractivity contribution in [1.29, 1.82) is 0 Å². The Morgan fingerprint density at radius 2 is 2.21 bits per heavy atom. The third kappa shape index (κ3) is 1.64. The first-order valence-corrected chi connectivity index (χ1v) is 5.70. The molecule has 1 aliphatic carbocycles. The van der Waals surface area contributed by atoms with Crippen molar-refractivity contribution in [2.75, 3.05) is 6.54 Å². The van der Waals surface area contributed by atoms with Crippen molar-refractivity contribution in [3.8, 4) is 0 Å². The zero-order valence-electron chi connectivity index (χ0n) is 8.31. The summed E-state index contributed by atoms with van der Waals surface area (Å²) in [6, 6.07) is 4.48. The number of nitrogens with two attached hydrogens (primary N) is 1. The summed E-state index contributed by atoms with van der Waals surface area (Å²) in [5.41, 5.74) is 11.1. The van der Waals surface area contributed by atoms with E-state index in [1.165, 1.54) is 26.7 Å². The van der Waals surface area contributed by atoms with Gasteiger partial charge in [0, 0.05) is 4.47 Å². The van der Waals surface area contributed by atoms with Crippen LogP contribution in [0.2, 0.25) is 0 Å². The SMILES string of the molecule is Cc1cc2c(cc1Br)C(CCN)=CC2. The lowest BCUT2D eigenvalue weighted by Gasteiger charge is -2.07. The molecule has 2 N–H and O–H groups in total. The molecule has 1 aromatic carbocycles. The second-order valence-electron chi connectivity index (χ2n) is 3.73. The topological polar surface area (TPSA) is 26.0 Å². The van der Waals surface area contributed by atoms with Gasteiger partial charge in [0.25, 0.3) is 0 Å². The summed E-state index contributed by atoms with van der Waals surface area (Å²) >= 11 is 3.57. The molecule has 0 aromatic heterocycles. The number of halogens is 1. The molecule has 0 bridgehead atoms. The van der Waals surface area contributed by atoms with E-state index in [2.05, 4.69) is 41.1 Å². The van der Waals surface area contributed by atoms with Gasteiger partial charge in [-0.05, 0) is 54.6 Å². The van der Waals surface area contributed by atoms with Crippen molar-refractivity contribution < 1.29 is 0 Å². The van der Waals surface area contributed by atoms with E-state index in [1.807, 2.05) is 0 Å². The van der Waals surface area contributed by atoms with Gasteiger partial charge in [-0.15, -0.1) is 0 Å². The van der Waals surface area contributed by atoms with Crippen LogP contribution in [0.3, 0.4) is 0 Å². The molecule has 0 atom stereocenters. The largest absolute Gasteiger partial charge is 0.330 e. The van der Waals surface area contributed by atoms with Gasteiger partial charge in [-0.1, -0.05) is 28.1 Å². The Kier molecular flexibility index (Phi) is 2.75. The number of aryl methyl sites for hydroxylation is 1. The summed E-state index contributed by atoms with van der Waals surface area (Å²) < 4.78 is 1.20. The van der Waals surface area contributed by atoms with Gasteiger partial charge in [0.1, 0.15) is 0 Å². The van der Waals surface area contributed by atoms with Crippen LogP contribution < -0.4 is 5.73 Å². The molecule has 2 rings (SSSR count). The summed E-state index contributed by atoms with van der Waals surface area (Å²) in [5.74, 6) is 0. The smallest absolute Gasteiger partial charge is 0.0210 e. The number of fused-ring (bicyclic) bond motifs is 1. The van der Waals surface area contributed by atoms with E-state index in [9.17, 15) is 0 Å². The molecule has 0 spiro atoms. The van der Waals surface area contributed by atoms with Gasteiger partial charge in [-0.25, -0.2) is 0 Å². The van der Waals surface area contributed by atoms with E-state index in [1.54, 1.807) is 0 Å². The molecule has 1 aromatic rings. The highest BCUT2D eigenvalue weighted by Gasteiger charge is 2.14.